The number of pyridine rings is 1. The molecule has 26 heavy (non-hydrogen) atoms. The standard InChI is InChI=1S/C19H20N6O/c20-19-13-10-25(16-3-1-2-4-17(16)26)24-18(13)12-6-5-11(9-15(12)22-19)14-7-8-21-23-14/h5-10,16-17,26H,1-4H2,(H2,20,22)(H,21,23). The molecule has 3 aromatic heterocycles. The second kappa shape index (κ2) is 5.81. The van der Waals surface area contributed by atoms with Crippen molar-refractivity contribution in [2.75, 3.05) is 5.73 Å². The Hall–Kier alpha value is -2.93. The van der Waals surface area contributed by atoms with Crippen LogP contribution in [-0.2, 0) is 0 Å². The molecule has 132 valence electrons. The zero-order valence-electron chi connectivity index (χ0n) is 14.3. The third-order valence-corrected chi connectivity index (χ3v) is 5.35. The molecule has 0 bridgehead atoms. The first-order valence-corrected chi connectivity index (χ1v) is 8.96. The lowest BCUT2D eigenvalue weighted by atomic mass is 9.93. The molecule has 4 N–H and O–H groups in total. The molecule has 0 radical (unpaired) electrons. The molecule has 1 saturated carbocycles. The van der Waals surface area contributed by atoms with Gasteiger partial charge in [0.1, 0.15) is 11.3 Å². The molecule has 1 aliphatic rings. The number of fused-ring (bicyclic) bond motifs is 3. The molecule has 1 aliphatic carbocycles. The van der Waals surface area contributed by atoms with E-state index < -0.39 is 0 Å². The normalized spacial score (nSPS) is 20.8. The van der Waals surface area contributed by atoms with E-state index in [2.05, 4.69) is 15.2 Å². The molecule has 4 aromatic rings. The van der Waals surface area contributed by atoms with Crippen LogP contribution in [0.2, 0.25) is 0 Å². The minimum Gasteiger partial charge on any atom is -0.391 e. The fraction of sp³-hybridized carbons (Fsp3) is 0.316. The minimum absolute atomic E-state index is 0.00914. The largest absolute Gasteiger partial charge is 0.391 e. The number of nitrogens with two attached hydrogens (primary N) is 1. The van der Waals surface area contributed by atoms with Crippen LogP contribution >= 0.6 is 0 Å². The third kappa shape index (κ3) is 2.35. The van der Waals surface area contributed by atoms with Crippen molar-refractivity contribution in [1.82, 2.24) is 25.0 Å². The van der Waals surface area contributed by atoms with Gasteiger partial charge in [-0.25, -0.2) is 4.98 Å². The first-order valence-electron chi connectivity index (χ1n) is 8.96. The van der Waals surface area contributed by atoms with Gasteiger partial charge in [0.2, 0.25) is 0 Å². The first-order chi connectivity index (χ1) is 12.7. The average Bonchev–Trinajstić information content (AvgIpc) is 3.32. The Labute approximate surface area is 149 Å². The Kier molecular flexibility index (Phi) is 3.43. The summed E-state index contributed by atoms with van der Waals surface area (Å²) < 4.78 is 1.88. The molecule has 7 nitrogen and oxygen atoms in total. The van der Waals surface area contributed by atoms with E-state index >= 15 is 0 Å². The van der Waals surface area contributed by atoms with Gasteiger partial charge in [0.05, 0.1) is 28.7 Å². The molecule has 2 atom stereocenters. The molecular weight excluding hydrogens is 328 g/mol. The van der Waals surface area contributed by atoms with E-state index in [0.717, 1.165) is 58.7 Å². The molecule has 0 amide bonds. The van der Waals surface area contributed by atoms with Gasteiger partial charge in [-0.3, -0.25) is 9.78 Å². The number of aromatic nitrogens is 5. The highest BCUT2D eigenvalue weighted by Crippen LogP contribution is 2.33. The molecule has 3 heterocycles. The molecule has 2 unspecified atom stereocenters. The summed E-state index contributed by atoms with van der Waals surface area (Å²) in [7, 11) is 0. The van der Waals surface area contributed by atoms with Gasteiger partial charge in [0.15, 0.2) is 0 Å². The van der Waals surface area contributed by atoms with Crippen molar-refractivity contribution in [1.29, 1.82) is 0 Å². The number of benzene rings is 1. The molecule has 5 rings (SSSR count). The van der Waals surface area contributed by atoms with Gasteiger partial charge in [0.25, 0.3) is 0 Å². The molecule has 0 spiro atoms. The Morgan fingerprint density at radius 1 is 1.15 bits per heavy atom. The Bertz CT molecular complexity index is 1080. The predicted molar refractivity (Wildman–Crippen MR) is 101 cm³/mol. The number of H-pyrrole nitrogens is 1. The van der Waals surface area contributed by atoms with Crippen molar-refractivity contribution < 1.29 is 5.11 Å². The predicted octanol–water partition coefficient (Wildman–Crippen LogP) is 3.03. The van der Waals surface area contributed by atoms with Gasteiger partial charge in [0, 0.05) is 23.3 Å². The number of nitrogens with one attached hydrogen (secondary N) is 1. The van der Waals surface area contributed by atoms with E-state index in [1.165, 1.54) is 0 Å². The highest BCUT2D eigenvalue weighted by atomic mass is 16.3. The van der Waals surface area contributed by atoms with Gasteiger partial charge in [-0.15, -0.1) is 0 Å². The number of aliphatic hydroxyl groups excluding tert-OH is 1. The molecule has 0 saturated heterocycles. The van der Waals surface area contributed by atoms with Gasteiger partial charge in [-0.2, -0.15) is 10.2 Å². The SMILES string of the molecule is Nc1nc2cc(-c3ccn[nH]3)ccc2c2nn(C3CCCCC3O)cc12. The maximum absolute atomic E-state index is 10.4. The zero-order chi connectivity index (χ0) is 17.7. The molecule has 1 fully saturated rings. The lowest BCUT2D eigenvalue weighted by Gasteiger charge is -2.27. The van der Waals surface area contributed by atoms with Gasteiger partial charge < -0.3 is 10.8 Å². The van der Waals surface area contributed by atoms with Crippen LogP contribution in [-0.4, -0.2) is 36.2 Å². The summed E-state index contributed by atoms with van der Waals surface area (Å²) in [4.78, 5) is 4.58. The lowest BCUT2D eigenvalue weighted by molar-refractivity contribution is 0.0698. The Balaban J connectivity index is 1.67. The topological polar surface area (TPSA) is 106 Å². The Morgan fingerprint density at radius 2 is 2.04 bits per heavy atom. The summed E-state index contributed by atoms with van der Waals surface area (Å²) in [5, 5.41) is 23.9. The number of aliphatic hydroxyl groups is 1. The molecule has 1 aromatic carbocycles. The summed E-state index contributed by atoms with van der Waals surface area (Å²) in [6.45, 7) is 0. The van der Waals surface area contributed by atoms with Crippen molar-refractivity contribution in [3.8, 4) is 11.3 Å². The van der Waals surface area contributed by atoms with Crippen molar-refractivity contribution in [3.63, 3.8) is 0 Å². The van der Waals surface area contributed by atoms with Gasteiger partial charge in [-0.1, -0.05) is 18.9 Å². The van der Waals surface area contributed by atoms with Gasteiger partial charge >= 0.3 is 0 Å². The summed E-state index contributed by atoms with van der Waals surface area (Å²) >= 11 is 0. The Morgan fingerprint density at radius 3 is 2.85 bits per heavy atom. The van der Waals surface area contributed by atoms with Crippen LogP contribution in [0.4, 0.5) is 5.82 Å². The van der Waals surface area contributed by atoms with Crippen LogP contribution in [0.1, 0.15) is 31.7 Å². The summed E-state index contributed by atoms with van der Waals surface area (Å²) in [5.41, 5.74) is 9.80. The van der Waals surface area contributed by atoms with E-state index in [9.17, 15) is 5.11 Å². The quantitative estimate of drug-likeness (QED) is 0.516. The first kappa shape index (κ1) is 15.3. The van der Waals surface area contributed by atoms with Crippen LogP contribution in [0.5, 0.6) is 0 Å². The van der Waals surface area contributed by atoms with Gasteiger partial charge in [-0.05, 0) is 31.0 Å². The monoisotopic (exact) mass is 348 g/mol. The van der Waals surface area contributed by atoms with Crippen molar-refractivity contribution in [2.24, 2.45) is 0 Å². The average molecular weight is 348 g/mol. The van der Waals surface area contributed by atoms with Crippen molar-refractivity contribution in [2.45, 2.75) is 37.8 Å². The maximum Gasteiger partial charge on any atom is 0.135 e. The number of hydrogen-bond donors (Lipinski definition) is 3. The fourth-order valence-electron chi connectivity index (χ4n) is 3.95. The van der Waals surface area contributed by atoms with Crippen LogP contribution in [0.25, 0.3) is 33.1 Å². The number of nitrogens with zero attached hydrogens (tertiary/aromatic N) is 4. The van der Waals surface area contributed by atoms with Crippen LogP contribution < -0.4 is 5.73 Å². The maximum atomic E-state index is 10.4. The number of nitrogen functional groups attached to an aromatic ring is 1. The smallest absolute Gasteiger partial charge is 0.135 e. The minimum atomic E-state index is -0.356. The fourth-order valence-corrected chi connectivity index (χ4v) is 3.95. The van der Waals surface area contributed by atoms with Crippen molar-refractivity contribution >= 4 is 27.6 Å². The lowest BCUT2D eigenvalue weighted by Crippen LogP contribution is -2.27. The van der Waals surface area contributed by atoms with Crippen LogP contribution in [0, 0.1) is 0 Å². The summed E-state index contributed by atoms with van der Waals surface area (Å²) in [6, 6.07) is 7.97. The second-order valence-corrected chi connectivity index (χ2v) is 6.99. The summed E-state index contributed by atoms with van der Waals surface area (Å²) in [5.74, 6) is 0.464. The number of aromatic amines is 1. The molecule has 7 heteroatoms. The van der Waals surface area contributed by atoms with E-state index in [-0.39, 0.29) is 12.1 Å². The number of anilines is 1. The highest BCUT2D eigenvalue weighted by molar-refractivity contribution is 6.08. The highest BCUT2D eigenvalue weighted by Gasteiger charge is 2.26. The van der Waals surface area contributed by atoms with Crippen LogP contribution in [0.3, 0.4) is 0 Å². The zero-order valence-corrected chi connectivity index (χ0v) is 14.3. The van der Waals surface area contributed by atoms with Crippen molar-refractivity contribution in [3.05, 3.63) is 36.7 Å². The summed E-state index contributed by atoms with van der Waals surface area (Å²) in [6.07, 6.45) is 7.24. The number of rotatable bonds is 2. The van der Waals surface area contributed by atoms with E-state index in [0.29, 0.717) is 5.82 Å². The molecule has 0 aliphatic heterocycles. The molecular formula is C19H20N6O. The van der Waals surface area contributed by atoms with E-state index in [1.54, 1.807) is 6.20 Å². The second-order valence-electron chi connectivity index (χ2n) is 6.99. The third-order valence-electron chi connectivity index (χ3n) is 5.35. The van der Waals surface area contributed by atoms with Crippen LogP contribution in [0.15, 0.2) is 36.7 Å². The number of hydrogen-bond acceptors (Lipinski definition) is 5. The van der Waals surface area contributed by atoms with E-state index in [4.69, 9.17) is 10.8 Å². The van der Waals surface area contributed by atoms with E-state index in [1.807, 2.05) is 35.1 Å².